The molecule has 1 aliphatic rings. The molecule has 0 spiro atoms. The maximum atomic E-state index is 14.8. The second-order valence-corrected chi connectivity index (χ2v) is 7.94. The van der Waals surface area contributed by atoms with Gasteiger partial charge in [-0.1, -0.05) is 6.07 Å². The van der Waals surface area contributed by atoms with Crippen LogP contribution in [0.2, 0.25) is 0 Å². The minimum atomic E-state index is -0.616. The normalized spacial score (nSPS) is 15.1. The van der Waals surface area contributed by atoms with E-state index >= 15 is 0 Å². The average molecular weight is 424 g/mol. The molecule has 31 heavy (non-hydrogen) atoms. The first-order chi connectivity index (χ1) is 15.0. The Bertz CT molecular complexity index is 1290. The van der Waals surface area contributed by atoms with E-state index in [4.69, 9.17) is 4.74 Å². The van der Waals surface area contributed by atoms with Crippen LogP contribution in [0, 0.1) is 11.6 Å². The molecule has 0 unspecified atom stereocenters. The second kappa shape index (κ2) is 7.77. The van der Waals surface area contributed by atoms with Crippen molar-refractivity contribution >= 4 is 27.7 Å². The Hall–Kier alpha value is -3.26. The number of carbonyl (C=O) groups is 1. The summed E-state index contributed by atoms with van der Waals surface area (Å²) >= 11 is 0. The van der Waals surface area contributed by atoms with Crippen molar-refractivity contribution in [1.29, 1.82) is 0 Å². The molecular weight excluding hydrogens is 402 g/mol. The van der Waals surface area contributed by atoms with Crippen LogP contribution in [0.5, 0.6) is 0 Å². The van der Waals surface area contributed by atoms with Crippen LogP contribution in [0.1, 0.15) is 28.8 Å². The third-order valence-electron chi connectivity index (χ3n) is 5.88. The number of hydrogen-bond acceptors (Lipinski definition) is 3. The van der Waals surface area contributed by atoms with Gasteiger partial charge in [0.05, 0.1) is 28.2 Å². The fraction of sp³-hybridized carbons (Fsp3) is 0.304. The number of hydrogen-bond donors (Lipinski definition) is 1. The van der Waals surface area contributed by atoms with Crippen LogP contribution in [-0.2, 0) is 18.3 Å². The van der Waals surface area contributed by atoms with Crippen molar-refractivity contribution in [3.05, 3.63) is 65.5 Å². The first kappa shape index (κ1) is 19.7. The van der Waals surface area contributed by atoms with Crippen LogP contribution in [0.25, 0.3) is 21.8 Å². The molecule has 8 heteroatoms. The van der Waals surface area contributed by atoms with Crippen LogP contribution in [0.3, 0.4) is 0 Å². The summed E-state index contributed by atoms with van der Waals surface area (Å²) in [7, 11) is 1.86. The van der Waals surface area contributed by atoms with E-state index in [1.54, 1.807) is 21.6 Å². The Morgan fingerprint density at radius 2 is 1.97 bits per heavy atom. The molecule has 0 aliphatic carbocycles. The third-order valence-corrected chi connectivity index (χ3v) is 5.88. The van der Waals surface area contributed by atoms with Gasteiger partial charge in [0.1, 0.15) is 11.6 Å². The van der Waals surface area contributed by atoms with E-state index in [1.165, 1.54) is 0 Å². The van der Waals surface area contributed by atoms with Gasteiger partial charge in [-0.3, -0.25) is 9.48 Å². The standard InChI is InChI=1S/C23H22F2N4O2/c1-28-20-5-2-14(10-15(20)11-26-28)12-29-13-17(21-18(24)3-4-19(25)22(21)29)23(30)27-16-6-8-31-9-7-16/h2-5,10-11,13,16H,6-9,12H2,1H3,(H,27,30). The number of nitrogens with zero attached hydrogens (tertiary/aromatic N) is 3. The topological polar surface area (TPSA) is 61.1 Å². The lowest BCUT2D eigenvalue weighted by molar-refractivity contribution is 0.0697. The lowest BCUT2D eigenvalue weighted by atomic mass is 10.1. The van der Waals surface area contributed by atoms with Gasteiger partial charge < -0.3 is 14.6 Å². The molecule has 160 valence electrons. The first-order valence-corrected chi connectivity index (χ1v) is 10.3. The number of amides is 1. The molecule has 1 aliphatic heterocycles. The number of aromatic nitrogens is 3. The zero-order chi connectivity index (χ0) is 21.5. The molecule has 5 rings (SSSR count). The number of nitrogens with one attached hydrogen (secondary N) is 1. The van der Waals surface area contributed by atoms with Gasteiger partial charge in [0.2, 0.25) is 0 Å². The van der Waals surface area contributed by atoms with E-state index in [-0.39, 0.29) is 22.5 Å². The van der Waals surface area contributed by atoms with Crippen molar-refractivity contribution in [1.82, 2.24) is 19.7 Å². The summed E-state index contributed by atoms with van der Waals surface area (Å²) in [6.07, 6.45) is 4.71. The zero-order valence-corrected chi connectivity index (χ0v) is 17.1. The van der Waals surface area contributed by atoms with Gasteiger partial charge in [0, 0.05) is 44.4 Å². The van der Waals surface area contributed by atoms with E-state index in [0.717, 1.165) is 28.6 Å². The highest BCUT2D eigenvalue weighted by Gasteiger charge is 2.24. The number of fused-ring (bicyclic) bond motifs is 2. The van der Waals surface area contributed by atoms with Crippen LogP contribution in [-0.4, -0.2) is 39.5 Å². The predicted molar refractivity (Wildman–Crippen MR) is 113 cm³/mol. The maximum absolute atomic E-state index is 14.8. The van der Waals surface area contributed by atoms with Crippen molar-refractivity contribution < 1.29 is 18.3 Å². The maximum Gasteiger partial charge on any atom is 0.253 e. The quantitative estimate of drug-likeness (QED) is 0.543. The molecule has 1 fully saturated rings. The van der Waals surface area contributed by atoms with Gasteiger partial charge in [-0.2, -0.15) is 5.10 Å². The minimum absolute atomic E-state index is 0.00650. The third kappa shape index (κ3) is 3.57. The molecule has 1 amide bonds. The van der Waals surface area contributed by atoms with Crippen molar-refractivity contribution in [3.63, 3.8) is 0 Å². The summed E-state index contributed by atoms with van der Waals surface area (Å²) in [5, 5.41) is 8.15. The molecule has 2 aromatic heterocycles. The van der Waals surface area contributed by atoms with Crippen LogP contribution >= 0.6 is 0 Å². The summed E-state index contributed by atoms with van der Waals surface area (Å²) in [6, 6.07) is 7.96. The first-order valence-electron chi connectivity index (χ1n) is 10.3. The Balaban J connectivity index is 1.54. The second-order valence-electron chi connectivity index (χ2n) is 7.94. The van der Waals surface area contributed by atoms with Gasteiger partial charge in [-0.05, 0) is 42.7 Å². The number of ether oxygens (including phenoxy) is 1. The van der Waals surface area contributed by atoms with Crippen molar-refractivity contribution in [2.45, 2.75) is 25.4 Å². The molecule has 0 saturated carbocycles. The lowest BCUT2D eigenvalue weighted by Crippen LogP contribution is -2.38. The predicted octanol–water partition coefficient (Wildman–Crippen LogP) is 3.76. The average Bonchev–Trinajstić information content (AvgIpc) is 3.33. The Labute approximate surface area is 177 Å². The van der Waals surface area contributed by atoms with Gasteiger partial charge in [0.15, 0.2) is 0 Å². The van der Waals surface area contributed by atoms with E-state index in [1.807, 2.05) is 25.2 Å². The molecule has 1 saturated heterocycles. The Morgan fingerprint density at radius 3 is 2.77 bits per heavy atom. The zero-order valence-electron chi connectivity index (χ0n) is 17.1. The lowest BCUT2D eigenvalue weighted by Gasteiger charge is -2.22. The highest BCUT2D eigenvalue weighted by Crippen LogP contribution is 2.28. The van der Waals surface area contributed by atoms with Gasteiger partial charge in [0.25, 0.3) is 5.91 Å². The molecule has 0 atom stereocenters. The van der Waals surface area contributed by atoms with Crippen LogP contribution < -0.4 is 5.32 Å². The van der Waals surface area contributed by atoms with Crippen LogP contribution in [0.4, 0.5) is 8.78 Å². The molecule has 0 bridgehead atoms. The number of aryl methyl sites for hydroxylation is 1. The monoisotopic (exact) mass is 424 g/mol. The summed E-state index contributed by atoms with van der Waals surface area (Å²) < 4.78 is 38.2. The van der Waals surface area contributed by atoms with Crippen LogP contribution in [0.15, 0.2) is 42.7 Å². The Morgan fingerprint density at radius 1 is 1.19 bits per heavy atom. The largest absolute Gasteiger partial charge is 0.381 e. The fourth-order valence-electron chi connectivity index (χ4n) is 4.27. The highest BCUT2D eigenvalue weighted by molar-refractivity contribution is 6.07. The number of rotatable bonds is 4. The molecule has 6 nitrogen and oxygen atoms in total. The van der Waals surface area contributed by atoms with Crippen molar-refractivity contribution in [2.24, 2.45) is 7.05 Å². The SMILES string of the molecule is Cn1ncc2cc(Cn3cc(C(=O)NC4CCOCC4)c4c(F)ccc(F)c43)ccc21. The van der Waals surface area contributed by atoms with Crippen molar-refractivity contribution in [3.8, 4) is 0 Å². The minimum Gasteiger partial charge on any atom is -0.381 e. The van der Waals surface area contributed by atoms with Gasteiger partial charge in [-0.15, -0.1) is 0 Å². The van der Waals surface area contributed by atoms with Crippen molar-refractivity contribution in [2.75, 3.05) is 13.2 Å². The summed E-state index contributed by atoms with van der Waals surface area (Å²) in [6.45, 7) is 1.45. The van der Waals surface area contributed by atoms with E-state index in [0.29, 0.717) is 32.6 Å². The summed E-state index contributed by atoms with van der Waals surface area (Å²) in [5.41, 5.74) is 2.11. The molecule has 1 N–H and O–H groups in total. The molecule has 3 heterocycles. The number of benzene rings is 2. The fourth-order valence-corrected chi connectivity index (χ4v) is 4.27. The molecular formula is C23H22F2N4O2. The highest BCUT2D eigenvalue weighted by atomic mass is 19.1. The van der Waals surface area contributed by atoms with E-state index in [9.17, 15) is 13.6 Å². The van der Waals surface area contributed by atoms with E-state index < -0.39 is 17.5 Å². The molecule has 4 aromatic rings. The smallest absolute Gasteiger partial charge is 0.253 e. The number of carbonyl (C=O) groups excluding carboxylic acids is 1. The Kier molecular flexibility index (Phi) is 4.94. The van der Waals surface area contributed by atoms with Gasteiger partial charge in [-0.25, -0.2) is 8.78 Å². The van der Waals surface area contributed by atoms with Gasteiger partial charge >= 0.3 is 0 Å². The van der Waals surface area contributed by atoms with E-state index in [2.05, 4.69) is 10.4 Å². The number of halogens is 2. The summed E-state index contributed by atoms with van der Waals surface area (Å²) in [5.74, 6) is -1.58. The molecule has 2 aromatic carbocycles. The summed E-state index contributed by atoms with van der Waals surface area (Å²) in [4.78, 5) is 13.0. The molecule has 0 radical (unpaired) electrons.